The summed E-state index contributed by atoms with van der Waals surface area (Å²) in [4.78, 5) is 12.0. The number of ether oxygens (including phenoxy) is 2. The molecule has 0 atom stereocenters. The van der Waals surface area contributed by atoms with Crippen LogP contribution in [-0.2, 0) is 4.79 Å². The van der Waals surface area contributed by atoms with Crippen LogP contribution in [0.5, 0.6) is 11.5 Å². The van der Waals surface area contributed by atoms with Crippen LogP contribution < -0.4 is 9.47 Å². The molecule has 0 heterocycles. The summed E-state index contributed by atoms with van der Waals surface area (Å²) in [5, 5.41) is 0. The first-order valence-electron chi connectivity index (χ1n) is 8.28. The van der Waals surface area contributed by atoms with Gasteiger partial charge in [-0.25, -0.2) is 4.79 Å². The summed E-state index contributed by atoms with van der Waals surface area (Å²) in [5.41, 5.74) is 4.53. The molecule has 0 saturated carbocycles. The maximum Gasteiger partial charge on any atom is 0.349 e. The lowest BCUT2D eigenvalue weighted by Gasteiger charge is -2.09. The molecule has 3 rings (SSSR count). The molecule has 0 radical (unpaired) electrons. The normalized spacial score (nSPS) is 10.4. The molecular formula is C22H19BrO3. The van der Waals surface area contributed by atoms with E-state index in [0.717, 1.165) is 21.2 Å². The molecule has 3 aromatic carbocycles. The molecule has 0 unspecified atom stereocenters. The second-order valence-corrected chi connectivity index (χ2v) is 6.94. The lowest BCUT2D eigenvalue weighted by atomic mass is 10.0. The second kappa shape index (κ2) is 8.19. The van der Waals surface area contributed by atoms with Gasteiger partial charge in [0.25, 0.3) is 0 Å². The molecule has 3 nitrogen and oxygen atoms in total. The van der Waals surface area contributed by atoms with Gasteiger partial charge in [0.05, 0.1) is 4.47 Å². The van der Waals surface area contributed by atoms with Crippen molar-refractivity contribution in [2.75, 3.05) is 6.61 Å². The average Bonchev–Trinajstić information content (AvgIpc) is 2.62. The lowest BCUT2D eigenvalue weighted by molar-refractivity contribution is -0.136. The Hall–Kier alpha value is -2.59. The fraction of sp³-hybridized carbons (Fsp3) is 0.136. The molecule has 0 aromatic heterocycles. The largest absolute Gasteiger partial charge is 0.481 e. The first-order chi connectivity index (χ1) is 12.5. The number of hydrogen-bond acceptors (Lipinski definition) is 3. The molecule has 0 aliphatic heterocycles. The van der Waals surface area contributed by atoms with Gasteiger partial charge in [-0.15, -0.1) is 0 Å². The van der Waals surface area contributed by atoms with Crippen molar-refractivity contribution in [3.8, 4) is 22.6 Å². The minimum Gasteiger partial charge on any atom is -0.481 e. The molecule has 0 aliphatic carbocycles. The summed E-state index contributed by atoms with van der Waals surface area (Å²) in [5.74, 6) is 0.667. The Morgan fingerprint density at radius 3 is 2.04 bits per heavy atom. The van der Waals surface area contributed by atoms with E-state index in [2.05, 4.69) is 47.1 Å². The standard InChI is InChI=1S/C22H19BrO3/c1-15-3-6-17(7-4-15)18-8-10-19(11-9-18)26-22(24)14-25-21-12-5-16(2)13-20(21)23/h3-13H,14H2,1-2H3. The number of carbonyl (C=O) groups excluding carboxylic acids is 1. The van der Waals surface area contributed by atoms with Gasteiger partial charge in [-0.3, -0.25) is 0 Å². The zero-order valence-electron chi connectivity index (χ0n) is 14.7. The maximum atomic E-state index is 12.0. The number of carbonyl (C=O) groups is 1. The Kier molecular flexibility index (Phi) is 5.74. The molecular weight excluding hydrogens is 392 g/mol. The van der Waals surface area contributed by atoms with Crippen LogP contribution in [0.4, 0.5) is 0 Å². The van der Waals surface area contributed by atoms with Crippen LogP contribution in [-0.4, -0.2) is 12.6 Å². The maximum absolute atomic E-state index is 12.0. The zero-order chi connectivity index (χ0) is 18.5. The summed E-state index contributed by atoms with van der Waals surface area (Å²) in [6.07, 6.45) is 0. The Balaban J connectivity index is 1.58. The van der Waals surface area contributed by atoms with Gasteiger partial charge < -0.3 is 9.47 Å². The topological polar surface area (TPSA) is 35.5 Å². The van der Waals surface area contributed by atoms with Gasteiger partial charge in [0.1, 0.15) is 11.5 Å². The van der Waals surface area contributed by atoms with E-state index < -0.39 is 5.97 Å². The van der Waals surface area contributed by atoms with Crippen molar-refractivity contribution in [1.29, 1.82) is 0 Å². The van der Waals surface area contributed by atoms with Gasteiger partial charge in [0.2, 0.25) is 0 Å². The van der Waals surface area contributed by atoms with E-state index >= 15 is 0 Å². The van der Waals surface area contributed by atoms with Crippen molar-refractivity contribution in [1.82, 2.24) is 0 Å². The Morgan fingerprint density at radius 2 is 1.42 bits per heavy atom. The number of rotatable bonds is 5. The predicted molar refractivity (Wildman–Crippen MR) is 107 cm³/mol. The molecule has 0 saturated heterocycles. The summed E-state index contributed by atoms with van der Waals surface area (Å²) in [7, 11) is 0. The number of halogens is 1. The van der Waals surface area contributed by atoms with Crippen molar-refractivity contribution < 1.29 is 14.3 Å². The molecule has 132 valence electrons. The van der Waals surface area contributed by atoms with E-state index in [4.69, 9.17) is 9.47 Å². The van der Waals surface area contributed by atoms with Gasteiger partial charge in [-0.1, -0.05) is 48.0 Å². The van der Waals surface area contributed by atoms with Crippen LogP contribution in [0.1, 0.15) is 11.1 Å². The second-order valence-electron chi connectivity index (χ2n) is 6.09. The first-order valence-corrected chi connectivity index (χ1v) is 9.07. The van der Waals surface area contributed by atoms with Crippen molar-refractivity contribution in [3.63, 3.8) is 0 Å². The molecule has 26 heavy (non-hydrogen) atoms. The van der Waals surface area contributed by atoms with Crippen LogP contribution in [0.3, 0.4) is 0 Å². The van der Waals surface area contributed by atoms with E-state index in [0.29, 0.717) is 11.5 Å². The minimum atomic E-state index is -0.444. The number of hydrogen-bond donors (Lipinski definition) is 0. The van der Waals surface area contributed by atoms with E-state index in [1.807, 2.05) is 37.3 Å². The fourth-order valence-electron chi connectivity index (χ4n) is 2.48. The van der Waals surface area contributed by atoms with E-state index in [9.17, 15) is 4.79 Å². The molecule has 0 aliphatic rings. The fourth-order valence-corrected chi connectivity index (χ4v) is 3.09. The Morgan fingerprint density at radius 1 is 0.846 bits per heavy atom. The van der Waals surface area contributed by atoms with E-state index in [1.54, 1.807) is 12.1 Å². The monoisotopic (exact) mass is 410 g/mol. The Bertz CT molecular complexity index is 900. The quantitative estimate of drug-likeness (QED) is 0.398. The molecule has 4 heteroatoms. The van der Waals surface area contributed by atoms with Gasteiger partial charge >= 0.3 is 5.97 Å². The van der Waals surface area contributed by atoms with Gasteiger partial charge in [-0.2, -0.15) is 0 Å². The lowest BCUT2D eigenvalue weighted by Crippen LogP contribution is -2.17. The predicted octanol–water partition coefficient (Wildman–Crippen LogP) is 5.72. The summed E-state index contributed by atoms with van der Waals surface area (Å²) < 4.78 is 11.7. The number of aryl methyl sites for hydroxylation is 2. The van der Waals surface area contributed by atoms with Gasteiger partial charge in [-0.05, 0) is 70.7 Å². The van der Waals surface area contributed by atoms with Crippen LogP contribution in [0, 0.1) is 13.8 Å². The third-order valence-corrected chi connectivity index (χ3v) is 4.52. The van der Waals surface area contributed by atoms with Gasteiger partial charge in [0, 0.05) is 0 Å². The molecule has 0 fully saturated rings. The average molecular weight is 411 g/mol. The highest BCUT2D eigenvalue weighted by Gasteiger charge is 2.09. The summed E-state index contributed by atoms with van der Waals surface area (Å²) >= 11 is 3.42. The molecule has 0 spiro atoms. The van der Waals surface area contributed by atoms with Crippen molar-refractivity contribution in [3.05, 3.63) is 82.3 Å². The van der Waals surface area contributed by atoms with Crippen LogP contribution in [0.25, 0.3) is 11.1 Å². The molecule has 0 N–H and O–H groups in total. The molecule has 3 aromatic rings. The summed E-state index contributed by atoms with van der Waals surface area (Å²) in [6, 6.07) is 21.4. The van der Waals surface area contributed by atoms with Gasteiger partial charge in [0.15, 0.2) is 6.61 Å². The van der Waals surface area contributed by atoms with Crippen LogP contribution >= 0.6 is 15.9 Å². The van der Waals surface area contributed by atoms with Crippen molar-refractivity contribution in [2.24, 2.45) is 0 Å². The van der Waals surface area contributed by atoms with Crippen LogP contribution in [0.2, 0.25) is 0 Å². The smallest absolute Gasteiger partial charge is 0.349 e. The zero-order valence-corrected chi connectivity index (χ0v) is 16.2. The van der Waals surface area contributed by atoms with Crippen LogP contribution in [0.15, 0.2) is 71.2 Å². The SMILES string of the molecule is Cc1ccc(-c2ccc(OC(=O)COc3ccc(C)cc3Br)cc2)cc1. The number of esters is 1. The molecule has 0 bridgehead atoms. The van der Waals surface area contributed by atoms with Crippen molar-refractivity contribution in [2.45, 2.75) is 13.8 Å². The third-order valence-electron chi connectivity index (χ3n) is 3.90. The highest BCUT2D eigenvalue weighted by atomic mass is 79.9. The molecule has 0 amide bonds. The Labute approximate surface area is 161 Å². The van der Waals surface area contributed by atoms with E-state index in [-0.39, 0.29) is 6.61 Å². The highest BCUT2D eigenvalue weighted by molar-refractivity contribution is 9.10. The minimum absolute atomic E-state index is 0.151. The third kappa shape index (κ3) is 4.73. The van der Waals surface area contributed by atoms with E-state index in [1.165, 1.54) is 5.56 Å². The van der Waals surface area contributed by atoms with Crippen molar-refractivity contribution >= 4 is 21.9 Å². The highest BCUT2D eigenvalue weighted by Crippen LogP contribution is 2.26. The first kappa shape index (κ1) is 18.2. The number of benzene rings is 3. The summed E-state index contributed by atoms with van der Waals surface area (Å²) in [6.45, 7) is 3.90.